The predicted molar refractivity (Wildman–Crippen MR) is 100 cm³/mol. The van der Waals surface area contributed by atoms with Crippen LogP contribution in [-0.2, 0) is 4.74 Å². The first-order valence-electron chi connectivity index (χ1n) is 8.20. The fourth-order valence-electron chi connectivity index (χ4n) is 1.81. The molecular weight excluding hydrogens is 361 g/mol. The van der Waals surface area contributed by atoms with Gasteiger partial charge in [-0.05, 0) is 38.1 Å². The Morgan fingerprint density at radius 2 is 1.85 bits per heavy atom. The summed E-state index contributed by atoms with van der Waals surface area (Å²) in [5, 5.41) is 11.5. The Bertz CT molecular complexity index is 680. The van der Waals surface area contributed by atoms with E-state index in [0.717, 1.165) is 13.2 Å². The fraction of sp³-hybridized carbons (Fsp3) is 0.316. The van der Waals surface area contributed by atoms with E-state index in [2.05, 4.69) is 5.16 Å². The van der Waals surface area contributed by atoms with Gasteiger partial charge in [-0.2, -0.15) is 0 Å². The molecule has 0 spiro atoms. The highest BCUT2D eigenvalue weighted by molar-refractivity contribution is 6.32. The van der Waals surface area contributed by atoms with E-state index < -0.39 is 0 Å². The van der Waals surface area contributed by atoms with Gasteiger partial charge >= 0.3 is 0 Å². The highest BCUT2D eigenvalue weighted by atomic mass is 35.5. The van der Waals surface area contributed by atoms with Crippen molar-refractivity contribution in [2.24, 2.45) is 5.16 Å². The summed E-state index contributed by atoms with van der Waals surface area (Å²) in [5.74, 6) is 0.993. The molecule has 5 nitrogen and oxygen atoms in total. The van der Waals surface area contributed by atoms with Crippen LogP contribution in [0.4, 0.5) is 4.39 Å². The molecule has 0 aromatic heterocycles. The molecule has 0 heterocycles. The van der Waals surface area contributed by atoms with Crippen LogP contribution in [0.1, 0.15) is 20.3 Å². The van der Waals surface area contributed by atoms with Crippen LogP contribution in [0.3, 0.4) is 0 Å². The van der Waals surface area contributed by atoms with E-state index in [9.17, 15) is 4.39 Å². The molecule has 0 aliphatic heterocycles. The molecule has 0 aliphatic carbocycles. The zero-order valence-corrected chi connectivity index (χ0v) is 15.6. The van der Waals surface area contributed by atoms with Gasteiger partial charge in [0.1, 0.15) is 23.1 Å². The van der Waals surface area contributed by atoms with Crippen molar-refractivity contribution in [1.29, 1.82) is 0 Å². The molecule has 7 heteroatoms. The molecule has 0 saturated heterocycles. The molecule has 0 saturated carbocycles. The second-order valence-electron chi connectivity index (χ2n) is 4.87. The first-order chi connectivity index (χ1) is 12.6. The summed E-state index contributed by atoms with van der Waals surface area (Å²) in [7, 11) is 0. The Morgan fingerprint density at radius 3 is 2.42 bits per heavy atom. The van der Waals surface area contributed by atoms with Gasteiger partial charge in [0.2, 0.25) is 0 Å². The molecule has 0 unspecified atom stereocenters. The molecule has 1 N–H and O–H groups in total. The topological polar surface area (TPSA) is 60.3 Å². The SMILES string of the molecule is CCOCC.ON=CCCOc1ccc(Oc2cccc(F)c2)cc1Cl. The van der Waals surface area contributed by atoms with E-state index in [1.165, 1.54) is 18.3 Å². The lowest BCUT2D eigenvalue weighted by Crippen LogP contribution is -1.98. The fourth-order valence-corrected chi connectivity index (χ4v) is 2.04. The Kier molecular flexibility index (Phi) is 10.8. The van der Waals surface area contributed by atoms with Gasteiger partial charge < -0.3 is 19.4 Å². The first-order valence-corrected chi connectivity index (χ1v) is 8.57. The maximum absolute atomic E-state index is 13.1. The van der Waals surface area contributed by atoms with Gasteiger partial charge in [0.05, 0.1) is 11.6 Å². The van der Waals surface area contributed by atoms with Crippen LogP contribution in [0.5, 0.6) is 17.2 Å². The third-order valence-electron chi connectivity index (χ3n) is 2.93. The standard InChI is InChI=1S/C15H13ClFNO3.C4H10O/c16-14-10-13(21-12-4-1-3-11(17)9-12)5-6-15(14)20-8-2-7-18-19;1-3-5-4-2/h1,3-7,9-10,19H,2,8H2;3-4H2,1-2H3. The summed E-state index contributed by atoms with van der Waals surface area (Å²) in [5.41, 5.74) is 0. The molecule has 0 radical (unpaired) electrons. The molecular formula is C19H23ClFNO4. The summed E-state index contributed by atoms with van der Waals surface area (Å²) < 4.78 is 28.8. The van der Waals surface area contributed by atoms with Crippen molar-refractivity contribution in [1.82, 2.24) is 0 Å². The average Bonchev–Trinajstić information content (AvgIpc) is 2.61. The largest absolute Gasteiger partial charge is 0.492 e. The van der Waals surface area contributed by atoms with Crippen LogP contribution >= 0.6 is 11.6 Å². The van der Waals surface area contributed by atoms with E-state index in [0.29, 0.717) is 35.3 Å². The predicted octanol–water partition coefficient (Wildman–Crippen LogP) is 5.54. The third kappa shape index (κ3) is 8.69. The lowest BCUT2D eigenvalue weighted by molar-refractivity contribution is 0.162. The van der Waals surface area contributed by atoms with Crippen LogP contribution in [-0.4, -0.2) is 31.2 Å². The molecule has 142 valence electrons. The zero-order chi connectivity index (χ0) is 19.2. The van der Waals surface area contributed by atoms with E-state index in [4.69, 9.17) is 31.0 Å². The number of benzene rings is 2. The number of rotatable bonds is 8. The third-order valence-corrected chi connectivity index (χ3v) is 3.22. The van der Waals surface area contributed by atoms with Crippen molar-refractivity contribution in [3.8, 4) is 17.2 Å². The van der Waals surface area contributed by atoms with Crippen molar-refractivity contribution >= 4 is 17.8 Å². The van der Waals surface area contributed by atoms with Crippen molar-refractivity contribution < 1.29 is 23.8 Å². The average molecular weight is 384 g/mol. The van der Waals surface area contributed by atoms with Gasteiger partial charge in [0.25, 0.3) is 0 Å². The van der Waals surface area contributed by atoms with Crippen LogP contribution in [0.2, 0.25) is 5.02 Å². The highest BCUT2D eigenvalue weighted by Gasteiger charge is 2.05. The van der Waals surface area contributed by atoms with Crippen molar-refractivity contribution in [3.63, 3.8) is 0 Å². The van der Waals surface area contributed by atoms with Gasteiger partial charge in [-0.15, -0.1) is 5.16 Å². The van der Waals surface area contributed by atoms with Crippen LogP contribution in [0, 0.1) is 5.82 Å². The molecule has 2 aromatic carbocycles. The number of ether oxygens (including phenoxy) is 3. The minimum absolute atomic E-state index is 0.341. The monoisotopic (exact) mass is 383 g/mol. The lowest BCUT2D eigenvalue weighted by atomic mass is 10.3. The zero-order valence-electron chi connectivity index (χ0n) is 14.8. The quantitative estimate of drug-likeness (QED) is 0.281. The van der Waals surface area contributed by atoms with Crippen molar-refractivity contribution in [3.05, 3.63) is 53.3 Å². The molecule has 2 rings (SSSR count). The Balaban J connectivity index is 0.000000597. The molecule has 0 atom stereocenters. The number of hydrogen-bond acceptors (Lipinski definition) is 5. The molecule has 0 aliphatic rings. The number of hydrogen-bond donors (Lipinski definition) is 1. The summed E-state index contributed by atoms with van der Waals surface area (Å²) >= 11 is 6.08. The summed E-state index contributed by atoms with van der Waals surface area (Å²) in [6.45, 7) is 6.01. The summed E-state index contributed by atoms with van der Waals surface area (Å²) in [6.07, 6.45) is 1.80. The van der Waals surface area contributed by atoms with Gasteiger partial charge in [0, 0.05) is 38.0 Å². The van der Waals surface area contributed by atoms with E-state index in [1.807, 2.05) is 13.8 Å². The minimum atomic E-state index is -0.371. The number of oxime groups is 1. The van der Waals surface area contributed by atoms with E-state index in [-0.39, 0.29) is 5.82 Å². The maximum Gasteiger partial charge on any atom is 0.138 e. The van der Waals surface area contributed by atoms with E-state index in [1.54, 1.807) is 30.3 Å². The van der Waals surface area contributed by atoms with Gasteiger partial charge in [-0.3, -0.25) is 0 Å². The Morgan fingerprint density at radius 1 is 1.12 bits per heavy atom. The Labute approximate surface area is 158 Å². The second-order valence-corrected chi connectivity index (χ2v) is 5.28. The molecule has 0 fully saturated rings. The molecule has 26 heavy (non-hydrogen) atoms. The van der Waals surface area contributed by atoms with Crippen LogP contribution in [0.25, 0.3) is 0 Å². The number of halogens is 2. The maximum atomic E-state index is 13.1. The first kappa shape index (κ1) is 21.7. The normalized spacial score (nSPS) is 10.3. The molecule has 0 amide bonds. The van der Waals surface area contributed by atoms with Gasteiger partial charge in [-0.1, -0.05) is 17.7 Å². The second kappa shape index (κ2) is 13.0. The minimum Gasteiger partial charge on any atom is -0.492 e. The van der Waals surface area contributed by atoms with Crippen molar-refractivity contribution in [2.75, 3.05) is 19.8 Å². The Hall–Kier alpha value is -2.31. The van der Waals surface area contributed by atoms with Crippen LogP contribution < -0.4 is 9.47 Å². The molecule has 2 aromatic rings. The smallest absolute Gasteiger partial charge is 0.138 e. The van der Waals surface area contributed by atoms with Crippen LogP contribution in [0.15, 0.2) is 47.6 Å². The summed E-state index contributed by atoms with van der Waals surface area (Å²) in [4.78, 5) is 0. The van der Waals surface area contributed by atoms with E-state index >= 15 is 0 Å². The highest BCUT2D eigenvalue weighted by Crippen LogP contribution is 2.31. The lowest BCUT2D eigenvalue weighted by Gasteiger charge is -2.10. The van der Waals surface area contributed by atoms with Crippen molar-refractivity contribution in [2.45, 2.75) is 20.3 Å². The van der Waals surface area contributed by atoms with Gasteiger partial charge in [-0.25, -0.2) is 4.39 Å². The summed E-state index contributed by atoms with van der Waals surface area (Å²) in [6, 6.07) is 10.8. The molecule has 0 bridgehead atoms. The number of nitrogens with zero attached hydrogens (tertiary/aromatic N) is 1. The van der Waals surface area contributed by atoms with Gasteiger partial charge in [0.15, 0.2) is 0 Å².